The zero-order chi connectivity index (χ0) is 13.8. The number of benzene rings is 1. The standard InChI is InChI=1S/C13H20NO4/c1-10(2)17-14(15)18-12-8-6-7-11(9-12)16-13(3,4)5/h6-10H,1-5H3/q-1. The van der Waals surface area contributed by atoms with Crippen LogP contribution < -0.4 is 9.57 Å². The molecule has 0 aliphatic rings. The van der Waals surface area contributed by atoms with E-state index in [1.807, 2.05) is 20.8 Å². The van der Waals surface area contributed by atoms with E-state index in [4.69, 9.17) is 14.4 Å². The van der Waals surface area contributed by atoms with Crippen molar-refractivity contribution in [3.05, 3.63) is 29.5 Å². The Hall–Kier alpha value is -1.30. The molecule has 0 heterocycles. The first-order valence-electron chi connectivity index (χ1n) is 5.87. The van der Waals surface area contributed by atoms with Gasteiger partial charge >= 0.3 is 0 Å². The molecule has 0 aliphatic heterocycles. The van der Waals surface area contributed by atoms with Crippen molar-refractivity contribution in [3.8, 4) is 11.5 Å². The van der Waals surface area contributed by atoms with E-state index in [1.54, 1.807) is 38.1 Å². The monoisotopic (exact) mass is 254 g/mol. The van der Waals surface area contributed by atoms with Crippen LogP contribution in [0, 0.1) is 5.21 Å². The molecule has 0 aliphatic carbocycles. The van der Waals surface area contributed by atoms with Gasteiger partial charge < -0.3 is 14.8 Å². The van der Waals surface area contributed by atoms with E-state index in [0.717, 1.165) is 0 Å². The van der Waals surface area contributed by atoms with Crippen molar-refractivity contribution in [3.63, 3.8) is 0 Å². The predicted molar refractivity (Wildman–Crippen MR) is 68.9 cm³/mol. The third-order valence-electron chi connectivity index (χ3n) is 1.71. The molecular formula is C13H20NO4-. The Morgan fingerprint density at radius 1 is 1.17 bits per heavy atom. The molecule has 5 nitrogen and oxygen atoms in total. The highest BCUT2D eigenvalue weighted by molar-refractivity contribution is 5.33. The Bertz CT molecular complexity index is 373. The van der Waals surface area contributed by atoms with Crippen LogP contribution in [-0.4, -0.2) is 17.1 Å². The van der Waals surface area contributed by atoms with E-state index < -0.39 is 0 Å². The summed E-state index contributed by atoms with van der Waals surface area (Å²) in [7, 11) is 0. The van der Waals surface area contributed by atoms with Gasteiger partial charge in [-0.15, -0.1) is 0 Å². The molecule has 0 radical (unpaired) electrons. The minimum Gasteiger partial charge on any atom is -0.728 e. The van der Waals surface area contributed by atoms with Crippen molar-refractivity contribution in [1.82, 2.24) is 5.39 Å². The van der Waals surface area contributed by atoms with Gasteiger partial charge in [-0.25, -0.2) is 0 Å². The summed E-state index contributed by atoms with van der Waals surface area (Å²) in [6.07, 6.45) is -0.239. The second-order valence-electron chi connectivity index (χ2n) is 5.16. The van der Waals surface area contributed by atoms with Crippen molar-refractivity contribution in [1.29, 1.82) is 0 Å². The molecule has 0 unspecified atom stereocenters. The zero-order valence-electron chi connectivity index (χ0n) is 11.5. The van der Waals surface area contributed by atoms with E-state index in [2.05, 4.69) is 0 Å². The number of nitrogens with zero attached hydrogens (tertiary/aromatic N) is 1. The summed E-state index contributed by atoms with van der Waals surface area (Å²) >= 11 is 0. The fraction of sp³-hybridized carbons (Fsp3) is 0.538. The lowest BCUT2D eigenvalue weighted by atomic mass is 10.2. The van der Waals surface area contributed by atoms with Gasteiger partial charge in [0, 0.05) is 6.07 Å². The number of hydrogen-bond donors (Lipinski definition) is 0. The first-order chi connectivity index (χ1) is 8.26. The minimum absolute atomic E-state index is 0.0981. The molecule has 0 saturated carbocycles. The molecular weight excluding hydrogens is 234 g/mol. The van der Waals surface area contributed by atoms with Gasteiger partial charge in [0.2, 0.25) is 0 Å². The van der Waals surface area contributed by atoms with Crippen LogP contribution in [0.1, 0.15) is 34.6 Å². The topological polar surface area (TPSA) is 54.0 Å². The van der Waals surface area contributed by atoms with Crippen molar-refractivity contribution in [2.24, 2.45) is 0 Å². The third-order valence-corrected chi connectivity index (χ3v) is 1.71. The molecule has 18 heavy (non-hydrogen) atoms. The summed E-state index contributed by atoms with van der Waals surface area (Å²) in [6.45, 7) is 9.33. The van der Waals surface area contributed by atoms with Gasteiger partial charge in [-0.2, -0.15) is 0 Å². The summed E-state index contributed by atoms with van der Waals surface area (Å²) < 4.78 is 5.66. The first kappa shape index (κ1) is 14.8. The first-order valence-corrected chi connectivity index (χ1v) is 5.87. The van der Waals surface area contributed by atoms with Gasteiger partial charge in [-0.3, -0.25) is 4.84 Å². The summed E-state index contributed by atoms with van der Waals surface area (Å²) in [5, 5.41) is 11.3. The molecule has 1 rings (SSSR count). The van der Waals surface area contributed by atoms with Crippen LogP contribution in [0.3, 0.4) is 0 Å². The molecule has 0 spiro atoms. The van der Waals surface area contributed by atoms with Gasteiger partial charge in [-0.1, -0.05) is 11.5 Å². The summed E-state index contributed by atoms with van der Waals surface area (Å²) in [4.78, 5) is 9.77. The summed E-state index contributed by atoms with van der Waals surface area (Å²) in [6, 6.07) is 6.85. The quantitative estimate of drug-likeness (QED) is 0.754. The predicted octanol–water partition coefficient (Wildman–Crippen LogP) is 3.30. The van der Waals surface area contributed by atoms with Crippen LogP contribution in [-0.2, 0) is 4.84 Å². The fourth-order valence-corrected chi connectivity index (χ4v) is 1.23. The van der Waals surface area contributed by atoms with Crippen LogP contribution >= 0.6 is 0 Å². The molecule has 0 amide bonds. The molecule has 102 valence electrons. The van der Waals surface area contributed by atoms with Crippen molar-refractivity contribution >= 4 is 0 Å². The van der Waals surface area contributed by atoms with Gasteiger partial charge in [0.25, 0.3) is 0 Å². The maximum absolute atomic E-state index is 11.3. The maximum Gasteiger partial charge on any atom is 0.152 e. The van der Waals surface area contributed by atoms with Crippen molar-refractivity contribution in [2.75, 3.05) is 0 Å². The SMILES string of the molecule is CC(C)ON([O-])Oc1cccc(OC(C)(C)C)c1. The molecule has 1 aromatic rings. The van der Waals surface area contributed by atoms with Gasteiger partial charge in [0.15, 0.2) is 5.75 Å². The van der Waals surface area contributed by atoms with Crippen LogP contribution in [0.2, 0.25) is 0 Å². The van der Waals surface area contributed by atoms with Crippen molar-refractivity contribution < 1.29 is 14.4 Å². The second-order valence-corrected chi connectivity index (χ2v) is 5.16. The molecule has 0 N–H and O–H groups in total. The molecule has 0 fully saturated rings. The molecule has 1 aromatic carbocycles. The van der Waals surface area contributed by atoms with E-state index >= 15 is 0 Å². The van der Waals surface area contributed by atoms with E-state index in [-0.39, 0.29) is 17.1 Å². The molecule has 0 saturated heterocycles. The summed E-state index contributed by atoms with van der Waals surface area (Å²) in [5.74, 6) is 1.00. The van der Waals surface area contributed by atoms with Crippen LogP contribution in [0.5, 0.6) is 11.5 Å². The second kappa shape index (κ2) is 6.04. The van der Waals surface area contributed by atoms with Crippen LogP contribution in [0.4, 0.5) is 0 Å². The highest BCUT2D eigenvalue weighted by Gasteiger charge is 2.12. The average Bonchev–Trinajstić information content (AvgIpc) is 2.13. The lowest BCUT2D eigenvalue weighted by Gasteiger charge is -2.28. The smallest absolute Gasteiger partial charge is 0.152 e. The Kier molecular flexibility index (Phi) is 4.95. The van der Waals surface area contributed by atoms with Crippen molar-refractivity contribution in [2.45, 2.75) is 46.3 Å². The number of rotatable bonds is 5. The highest BCUT2D eigenvalue weighted by Crippen LogP contribution is 2.23. The number of hydrogen-bond acceptors (Lipinski definition) is 5. The lowest BCUT2D eigenvalue weighted by Crippen LogP contribution is -2.25. The third kappa shape index (κ3) is 5.86. The van der Waals surface area contributed by atoms with Crippen LogP contribution in [0.25, 0.3) is 0 Å². The average molecular weight is 254 g/mol. The summed E-state index contributed by atoms with van der Waals surface area (Å²) in [5.41, 5.74) is -0.301. The number of ether oxygens (including phenoxy) is 1. The largest absolute Gasteiger partial charge is 0.728 e. The van der Waals surface area contributed by atoms with E-state index in [9.17, 15) is 5.21 Å². The van der Waals surface area contributed by atoms with Gasteiger partial charge in [-0.05, 0) is 46.8 Å². The Morgan fingerprint density at radius 3 is 2.33 bits per heavy atom. The molecule has 5 heteroatoms. The molecule has 0 atom stereocenters. The van der Waals surface area contributed by atoms with Gasteiger partial charge in [0.05, 0.1) is 6.10 Å². The Labute approximate surface area is 108 Å². The van der Waals surface area contributed by atoms with E-state index in [0.29, 0.717) is 11.5 Å². The van der Waals surface area contributed by atoms with Gasteiger partial charge in [0.1, 0.15) is 11.4 Å². The zero-order valence-corrected chi connectivity index (χ0v) is 11.5. The molecule has 0 bridgehead atoms. The Morgan fingerprint density at radius 2 is 1.78 bits per heavy atom. The normalized spacial score (nSPS) is 12.0. The minimum atomic E-state index is -0.301. The maximum atomic E-state index is 11.3. The molecule has 0 aromatic heterocycles. The van der Waals surface area contributed by atoms with Crippen LogP contribution in [0.15, 0.2) is 24.3 Å². The highest BCUT2D eigenvalue weighted by atomic mass is 17.1. The fourth-order valence-electron chi connectivity index (χ4n) is 1.23. The van der Waals surface area contributed by atoms with E-state index in [1.165, 1.54) is 0 Å². The lowest BCUT2D eigenvalue weighted by molar-refractivity contribution is -0.300. The Balaban J connectivity index is 2.65.